The Morgan fingerprint density at radius 1 is 1.20 bits per heavy atom. The van der Waals surface area contributed by atoms with Crippen molar-refractivity contribution in [2.24, 2.45) is 16.8 Å². The van der Waals surface area contributed by atoms with Crippen LogP contribution < -0.4 is 10.6 Å². The third-order valence-corrected chi connectivity index (χ3v) is 4.39. The molecule has 0 aromatic carbocycles. The number of guanidine groups is 1. The lowest BCUT2D eigenvalue weighted by Crippen LogP contribution is -2.42. The number of nitrogens with one attached hydrogen (secondary N) is 2. The lowest BCUT2D eigenvalue weighted by atomic mass is 9.97. The summed E-state index contributed by atoms with van der Waals surface area (Å²) in [7, 11) is 0. The predicted octanol–water partition coefficient (Wildman–Crippen LogP) is 2.07. The van der Waals surface area contributed by atoms with Crippen molar-refractivity contribution in [3.8, 4) is 0 Å². The van der Waals surface area contributed by atoms with Crippen molar-refractivity contribution in [3.63, 3.8) is 0 Å². The molecule has 116 valence electrons. The zero-order valence-electron chi connectivity index (χ0n) is 13.5. The van der Waals surface area contributed by atoms with Gasteiger partial charge in [0.1, 0.15) is 0 Å². The maximum Gasteiger partial charge on any atom is 0.191 e. The third kappa shape index (κ3) is 5.31. The Hall–Kier alpha value is -0.770. The van der Waals surface area contributed by atoms with Crippen molar-refractivity contribution in [3.05, 3.63) is 0 Å². The first-order chi connectivity index (χ1) is 9.69. The monoisotopic (exact) mass is 280 g/mol. The van der Waals surface area contributed by atoms with Gasteiger partial charge in [-0.1, -0.05) is 0 Å². The van der Waals surface area contributed by atoms with Gasteiger partial charge in [0.25, 0.3) is 0 Å². The van der Waals surface area contributed by atoms with Crippen molar-refractivity contribution in [1.29, 1.82) is 0 Å². The predicted molar refractivity (Wildman–Crippen MR) is 86.1 cm³/mol. The first kappa shape index (κ1) is 15.6. The van der Waals surface area contributed by atoms with Gasteiger partial charge in [0.05, 0.1) is 0 Å². The maximum atomic E-state index is 4.80. The van der Waals surface area contributed by atoms with E-state index in [2.05, 4.69) is 36.3 Å². The van der Waals surface area contributed by atoms with Gasteiger partial charge in [0.2, 0.25) is 0 Å². The van der Waals surface area contributed by atoms with E-state index in [1.807, 2.05) is 0 Å². The molecule has 0 aromatic heterocycles. The van der Waals surface area contributed by atoms with E-state index in [0.29, 0.717) is 6.04 Å². The largest absolute Gasteiger partial charge is 0.357 e. The van der Waals surface area contributed by atoms with Crippen LogP contribution in [0.1, 0.15) is 46.5 Å². The fourth-order valence-corrected chi connectivity index (χ4v) is 2.84. The van der Waals surface area contributed by atoms with Gasteiger partial charge in [-0.25, -0.2) is 0 Å². The molecule has 1 heterocycles. The van der Waals surface area contributed by atoms with Crippen LogP contribution in [0.4, 0.5) is 0 Å². The summed E-state index contributed by atoms with van der Waals surface area (Å²) in [5.41, 5.74) is 0. The van der Waals surface area contributed by atoms with Crippen LogP contribution in [0.2, 0.25) is 0 Å². The van der Waals surface area contributed by atoms with Gasteiger partial charge in [0, 0.05) is 32.2 Å². The van der Waals surface area contributed by atoms with E-state index in [1.54, 1.807) is 0 Å². The average Bonchev–Trinajstić information content (AvgIpc) is 3.26. The molecule has 0 bridgehead atoms. The van der Waals surface area contributed by atoms with Gasteiger partial charge < -0.3 is 15.5 Å². The molecule has 2 aliphatic rings. The molecule has 20 heavy (non-hydrogen) atoms. The zero-order valence-corrected chi connectivity index (χ0v) is 13.5. The summed E-state index contributed by atoms with van der Waals surface area (Å²) in [6.07, 6.45) is 5.43. The number of piperidine rings is 1. The van der Waals surface area contributed by atoms with E-state index >= 15 is 0 Å². The van der Waals surface area contributed by atoms with Crippen LogP contribution in [-0.4, -0.2) is 49.6 Å². The summed E-state index contributed by atoms with van der Waals surface area (Å²) >= 11 is 0. The Morgan fingerprint density at radius 3 is 2.65 bits per heavy atom. The first-order valence-electron chi connectivity index (χ1n) is 8.45. The molecule has 0 radical (unpaired) electrons. The minimum absolute atomic E-state index is 0.669. The Balaban J connectivity index is 1.77. The van der Waals surface area contributed by atoms with Gasteiger partial charge in [-0.05, 0) is 64.8 Å². The summed E-state index contributed by atoms with van der Waals surface area (Å²) in [5, 5.41) is 6.85. The molecule has 1 unspecified atom stereocenters. The van der Waals surface area contributed by atoms with E-state index in [1.165, 1.54) is 38.8 Å². The summed E-state index contributed by atoms with van der Waals surface area (Å²) in [4.78, 5) is 7.39. The van der Waals surface area contributed by atoms with E-state index < -0.39 is 0 Å². The molecular formula is C16H32N4. The Kier molecular flexibility index (Phi) is 6.14. The lowest BCUT2D eigenvalue weighted by molar-refractivity contribution is 0.143. The third-order valence-electron chi connectivity index (χ3n) is 4.39. The molecule has 4 heteroatoms. The summed E-state index contributed by atoms with van der Waals surface area (Å²) < 4.78 is 0. The SMILES string of the molecule is CCNC(=NCC1CCCN(C(C)C)C1)NCC1CC1. The molecule has 0 spiro atoms. The first-order valence-corrected chi connectivity index (χ1v) is 8.45. The second-order valence-corrected chi connectivity index (χ2v) is 6.64. The fraction of sp³-hybridized carbons (Fsp3) is 0.938. The quantitative estimate of drug-likeness (QED) is 0.578. The van der Waals surface area contributed by atoms with Crippen LogP contribution >= 0.6 is 0 Å². The summed E-state index contributed by atoms with van der Waals surface area (Å²) in [6, 6.07) is 0.669. The van der Waals surface area contributed by atoms with E-state index in [0.717, 1.165) is 37.4 Å². The van der Waals surface area contributed by atoms with E-state index in [9.17, 15) is 0 Å². The molecule has 1 aliphatic heterocycles. The molecule has 2 N–H and O–H groups in total. The van der Waals surface area contributed by atoms with Gasteiger partial charge in [0.15, 0.2) is 5.96 Å². The Morgan fingerprint density at radius 2 is 2.00 bits per heavy atom. The van der Waals surface area contributed by atoms with E-state index in [-0.39, 0.29) is 0 Å². The molecule has 1 saturated carbocycles. The van der Waals surface area contributed by atoms with Gasteiger partial charge >= 0.3 is 0 Å². The van der Waals surface area contributed by atoms with Gasteiger partial charge in [-0.2, -0.15) is 0 Å². The molecular weight excluding hydrogens is 248 g/mol. The maximum absolute atomic E-state index is 4.80. The molecule has 0 aromatic rings. The van der Waals surface area contributed by atoms with Crippen LogP contribution in [0, 0.1) is 11.8 Å². The van der Waals surface area contributed by atoms with Crippen LogP contribution in [0.15, 0.2) is 4.99 Å². The number of nitrogens with zero attached hydrogens (tertiary/aromatic N) is 2. The number of hydrogen-bond donors (Lipinski definition) is 2. The Labute approximate surface area is 124 Å². The lowest BCUT2D eigenvalue weighted by Gasteiger charge is -2.34. The highest BCUT2D eigenvalue weighted by molar-refractivity contribution is 5.79. The van der Waals surface area contributed by atoms with Crippen molar-refractivity contribution >= 4 is 5.96 Å². The van der Waals surface area contributed by atoms with Crippen molar-refractivity contribution < 1.29 is 0 Å². The van der Waals surface area contributed by atoms with Crippen LogP contribution in [0.25, 0.3) is 0 Å². The standard InChI is InChI=1S/C16H32N4/c1-4-17-16(18-10-14-7-8-14)19-11-15-6-5-9-20(12-15)13(2)3/h13-15H,4-12H2,1-3H3,(H2,17,18,19). The summed E-state index contributed by atoms with van der Waals surface area (Å²) in [6.45, 7) is 12.2. The van der Waals surface area contributed by atoms with Crippen molar-refractivity contribution in [2.75, 3.05) is 32.7 Å². The summed E-state index contributed by atoms with van der Waals surface area (Å²) in [5.74, 6) is 2.63. The normalized spacial score (nSPS) is 25.0. The number of hydrogen-bond acceptors (Lipinski definition) is 2. The van der Waals surface area contributed by atoms with Crippen LogP contribution in [0.5, 0.6) is 0 Å². The highest BCUT2D eigenvalue weighted by Crippen LogP contribution is 2.27. The molecule has 4 nitrogen and oxygen atoms in total. The highest BCUT2D eigenvalue weighted by atomic mass is 15.2. The van der Waals surface area contributed by atoms with Crippen LogP contribution in [-0.2, 0) is 0 Å². The molecule has 1 saturated heterocycles. The van der Waals surface area contributed by atoms with Crippen LogP contribution in [0.3, 0.4) is 0 Å². The molecule has 2 fully saturated rings. The van der Waals surface area contributed by atoms with Crippen molar-refractivity contribution in [2.45, 2.75) is 52.5 Å². The second-order valence-electron chi connectivity index (χ2n) is 6.64. The molecule has 1 aliphatic carbocycles. The number of rotatable bonds is 6. The highest BCUT2D eigenvalue weighted by Gasteiger charge is 2.22. The second kappa shape index (κ2) is 7.87. The molecule has 0 amide bonds. The Bertz CT molecular complexity index is 310. The fourth-order valence-electron chi connectivity index (χ4n) is 2.84. The minimum Gasteiger partial charge on any atom is -0.357 e. The van der Waals surface area contributed by atoms with Gasteiger partial charge in [-0.3, -0.25) is 4.99 Å². The smallest absolute Gasteiger partial charge is 0.191 e. The topological polar surface area (TPSA) is 39.7 Å². The molecule has 1 atom stereocenters. The van der Waals surface area contributed by atoms with E-state index in [4.69, 9.17) is 4.99 Å². The average molecular weight is 280 g/mol. The molecule has 2 rings (SSSR count). The van der Waals surface area contributed by atoms with Crippen molar-refractivity contribution in [1.82, 2.24) is 15.5 Å². The zero-order chi connectivity index (χ0) is 14.4. The minimum atomic E-state index is 0.669. The van der Waals surface area contributed by atoms with Gasteiger partial charge in [-0.15, -0.1) is 0 Å². The number of aliphatic imine (C=N–C) groups is 1. The number of likely N-dealkylation sites (tertiary alicyclic amines) is 1.